The number of nitrogens with one attached hydrogen (secondary N) is 1. The Morgan fingerprint density at radius 2 is 1.97 bits per heavy atom. The number of para-hydroxylation sites is 1. The molecule has 2 atom stereocenters. The second-order valence-corrected chi connectivity index (χ2v) is 7.93. The summed E-state index contributed by atoms with van der Waals surface area (Å²) in [7, 11) is 0. The normalized spacial score (nSPS) is 19.4. The molecule has 0 saturated heterocycles. The average Bonchev–Trinajstić information content (AvgIpc) is 3.14. The van der Waals surface area contributed by atoms with Crippen molar-refractivity contribution in [1.29, 1.82) is 0 Å². The van der Waals surface area contributed by atoms with Crippen LogP contribution in [0.2, 0.25) is 0 Å². The number of benzene rings is 1. The van der Waals surface area contributed by atoms with Gasteiger partial charge in [0.1, 0.15) is 11.2 Å². The number of aryl methyl sites for hydroxylation is 1. The van der Waals surface area contributed by atoms with Gasteiger partial charge in [-0.25, -0.2) is 9.67 Å². The van der Waals surface area contributed by atoms with E-state index in [2.05, 4.69) is 22.3 Å². The molecule has 1 saturated carbocycles. The second-order valence-electron chi connectivity index (χ2n) is 7.93. The van der Waals surface area contributed by atoms with Gasteiger partial charge in [-0.05, 0) is 37.8 Å². The van der Waals surface area contributed by atoms with E-state index in [9.17, 15) is 9.59 Å². The summed E-state index contributed by atoms with van der Waals surface area (Å²) in [5.41, 5.74) is 1.23. The molecule has 0 bridgehead atoms. The maximum atomic E-state index is 13.0. The summed E-state index contributed by atoms with van der Waals surface area (Å²) < 4.78 is 3.24. The lowest BCUT2D eigenvalue weighted by molar-refractivity contribution is -0.122. The minimum atomic E-state index is -0.159. The molecule has 1 fully saturated rings. The summed E-state index contributed by atoms with van der Waals surface area (Å²) >= 11 is 0. The van der Waals surface area contributed by atoms with Crippen molar-refractivity contribution in [2.75, 3.05) is 0 Å². The van der Waals surface area contributed by atoms with E-state index in [0.29, 0.717) is 29.3 Å². The van der Waals surface area contributed by atoms with Gasteiger partial charge in [0.2, 0.25) is 5.91 Å². The number of carbonyl (C=O) groups is 1. The van der Waals surface area contributed by atoms with Crippen molar-refractivity contribution < 1.29 is 4.79 Å². The average molecular weight is 393 g/mol. The van der Waals surface area contributed by atoms with Gasteiger partial charge >= 0.3 is 0 Å². The quantitative estimate of drug-likeness (QED) is 0.722. The molecule has 3 aromatic rings. The predicted molar refractivity (Wildman–Crippen MR) is 112 cm³/mol. The summed E-state index contributed by atoms with van der Waals surface area (Å²) in [5.74, 6) is 1.09. The molecule has 7 heteroatoms. The lowest BCUT2D eigenvalue weighted by Gasteiger charge is -2.29. The lowest BCUT2D eigenvalue weighted by Crippen LogP contribution is -2.41. The molecule has 1 aromatic carbocycles. The van der Waals surface area contributed by atoms with Crippen LogP contribution in [0.3, 0.4) is 0 Å². The van der Waals surface area contributed by atoms with Gasteiger partial charge in [-0.1, -0.05) is 38.0 Å². The van der Waals surface area contributed by atoms with Crippen LogP contribution in [0.4, 0.5) is 0 Å². The van der Waals surface area contributed by atoms with Gasteiger partial charge in [0.15, 0.2) is 5.65 Å². The molecule has 1 amide bonds. The van der Waals surface area contributed by atoms with Gasteiger partial charge in [-0.2, -0.15) is 5.10 Å². The fourth-order valence-electron chi connectivity index (χ4n) is 4.15. The minimum absolute atomic E-state index is 0.00451. The third-order valence-electron chi connectivity index (χ3n) is 5.90. The Kier molecular flexibility index (Phi) is 5.47. The third kappa shape index (κ3) is 3.95. The largest absolute Gasteiger partial charge is 0.353 e. The van der Waals surface area contributed by atoms with Gasteiger partial charge in [0.05, 0.1) is 11.9 Å². The molecule has 152 valence electrons. The zero-order valence-electron chi connectivity index (χ0n) is 17.0. The van der Waals surface area contributed by atoms with Crippen molar-refractivity contribution in [3.8, 4) is 5.69 Å². The fourth-order valence-corrected chi connectivity index (χ4v) is 4.15. The Bertz CT molecular complexity index is 1070. The number of amides is 1. The molecule has 0 radical (unpaired) electrons. The number of nitrogens with zero attached hydrogens (tertiary/aromatic N) is 4. The van der Waals surface area contributed by atoms with Crippen LogP contribution in [0.25, 0.3) is 16.7 Å². The first-order valence-electron chi connectivity index (χ1n) is 10.3. The van der Waals surface area contributed by atoms with Crippen LogP contribution in [0.15, 0.2) is 41.3 Å². The van der Waals surface area contributed by atoms with Crippen LogP contribution >= 0.6 is 0 Å². The van der Waals surface area contributed by atoms with E-state index >= 15 is 0 Å². The first-order chi connectivity index (χ1) is 14.0. The van der Waals surface area contributed by atoms with Crippen molar-refractivity contribution in [3.05, 3.63) is 52.7 Å². The van der Waals surface area contributed by atoms with E-state index in [1.807, 2.05) is 30.3 Å². The van der Waals surface area contributed by atoms with Crippen LogP contribution in [0, 0.1) is 12.8 Å². The van der Waals surface area contributed by atoms with Gasteiger partial charge in [0.25, 0.3) is 5.56 Å². The minimum Gasteiger partial charge on any atom is -0.353 e. The number of carbonyl (C=O) groups excluding carboxylic acids is 1. The Balaban J connectivity index is 1.52. The number of rotatable bonds is 5. The van der Waals surface area contributed by atoms with Crippen LogP contribution in [-0.4, -0.2) is 31.3 Å². The smallest absolute Gasteiger partial charge is 0.264 e. The maximum Gasteiger partial charge on any atom is 0.264 e. The number of hydrogen-bond acceptors (Lipinski definition) is 4. The van der Waals surface area contributed by atoms with Crippen molar-refractivity contribution >= 4 is 16.9 Å². The number of aromatic nitrogens is 4. The molecule has 0 aliphatic heterocycles. The molecule has 2 heterocycles. The van der Waals surface area contributed by atoms with Crippen molar-refractivity contribution in [2.45, 2.75) is 58.5 Å². The molecule has 2 unspecified atom stereocenters. The van der Waals surface area contributed by atoms with E-state index < -0.39 is 0 Å². The second kappa shape index (κ2) is 8.19. The van der Waals surface area contributed by atoms with Gasteiger partial charge < -0.3 is 5.32 Å². The Morgan fingerprint density at radius 3 is 2.72 bits per heavy atom. The first-order valence-corrected chi connectivity index (χ1v) is 10.3. The molecule has 4 rings (SSSR count). The third-order valence-corrected chi connectivity index (χ3v) is 5.90. The van der Waals surface area contributed by atoms with Gasteiger partial charge in [-0.3, -0.25) is 14.2 Å². The van der Waals surface area contributed by atoms with E-state index in [-0.39, 0.29) is 23.9 Å². The highest BCUT2D eigenvalue weighted by atomic mass is 16.2. The molecular weight excluding hydrogens is 366 g/mol. The molecule has 7 nitrogen and oxygen atoms in total. The Morgan fingerprint density at radius 1 is 1.21 bits per heavy atom. The van der Waals surface area contributed by atoms with Crippen LogP contribution < -0.4 is 10.9 Å². The molecule has 0 spiro atoms. The molecule has 2 aromatic heterocycles. The van der Waals surface area contributed by atoms with Gasteiger partial charge in [0, 0.05) is 19.0 Å². The zero-order valence-corrected chi connectivity index (χ0v) is 17.0. The zero-order chi connectivity index (χ0) is 20.4. The summed E-state index contributed by atoms with van der Waals surface area (Å²) in [6, 6.07) is 9.86. The number of hydrogen-bond donors (Lipinski definition) is 1. The van der Waals surface area contributed by atoms with Crippen molar-refractivity contribution in [2.24, 2.45) is 5.92 Å². The van der Waals surface area contributed by atoms with Crippen molar-refractivity contribution in [1.82, 2.24) is 24.6 Å². The standard InChI is InChI=1S/C22H27N5O2/c1-15-8-6-7-11-19(15)25-20(28)12-13-26-16(2)24-21-18(22(26)29)14-23-27(21)17-9-4-3-5-10-17/h3-5,9-10,14-15,19H,6-8,11-13H2,1-2H3,(H,25,28). The molecular formula is C22H27N5O2. The van der Waals surface area contributed by atoms with Crippen LogP contribution in [-0.2, 0) is 11.3 Å². The lowest BCUT2D eigenvalue weighted by atomic mass is 9.86. The summed E-state index contributed by atoms with van der Waals surface area (Å²) in [6.07, 6.45) is 6.43. The summed E-state index contributed by atoms with van der Waals surface area (Å²) in [6.45, 7) is 4.31. The molecule has 1 aliphatic rings. The maximum absolute atomic E-state index is 13.0. The molecule has 1 N–H and O–H groups in total. The monoisotopic (exact) mass is 393 g/mol. The summed E-state index contributed by atoms with van der Waals surface area (Å²) in [5, 5.41) is 7.96. The van der Waals surface area contributed by atoms with E-state index in [0.717, 1.165) is 18.5 Å². The SMILES string of the molecule is Cc1nc2c(cnn2-c2ccccc2)c(=O)n1CCC(=O)NC1CCCCC1C. The van der Waals surface area contributed by atoms with E-state index in [4.69, 9.17) is 0 Å². The summed E-state index contributed by atoms with van der Waals surface area (Å²) in [4.78, 5) is 30.0. The first kappa shape index (κ1) is 19.4. The van der Waals surface area contributed by atoms with Crippen LogP contribution in [0.5, 0.6) is 0 Å². The Labute approximate surface area is 169 Å². The predicted octanol–water partition coefficient (Wildman–Crippen LogP) is 2.98. The van der Waals surface area contributed by atoms with E-state index in [1.165, 1.54) is 12.8 Å². The van der Waals surface area contributed by atoms with E-state index in [1.54, 1.807) is 22.4 Å². The van der Waals surface area contributed by atoms with Crippen molar-refractivity contribution in [3.63, 3.8) is 0 Å². The Hall–Kier alpha value is -2.96. The fraction of sp³-hybridized carbons (Fsp3) is 0.455. The highest BCUT2D eigenvalue weighted by molar-refractivity contribution is 5.77. The molecule has 29 heavy (non-hydrogen) atoms. The topological polar surface area (TPSA) is 81.8 Å². The highest BCUT2D eigenvalue weighted by Gasteiger charge is 2.23. The molecule has 1 aliphatic carbocycles. The number of fused-ring (bicyclic) bond motifs is 1. The highest BCUT2D eigenvalue weighted by Crippen LogP contribution is 2.23. The van der Waals surface area contributed by atoms with Crippen LogP contribution in [0.1, 0.15) is 44.9 Å². The van der Waals surface area contributed by atoms with Gasteiger partial charge in [-0.15, -0.1) is 0 Å².